The number of primary sulfonamides is 1. The van der Waals surface area contributed by atoms with Gasteiger partial charge in [0, 0.05) is 11.6 Å². The van der Waals surface area contributed by atoms with Crippen molar-refractivity contribution in [3.05, 3.63) is 53.3 Å². The molecule has 0 spiro atoms. The second-order valence-electron chi connectivity index (χ2n) is 6.32. The number of nitrogens with zero attached hydrogens (tertiary/aromatic N) is 2. The van der Waals surface area contributed by atoms with Crippen LogP contribution in [-0.2, 0) is 10.0 Å². The number of hydrogen-bond donors (Lipinski definition) is 4. The molecule has 1 heterocycles. The standard InChI is InChI=1S/C17H13BF4N4O5S/c19-12-5-9(3-4-32(23,29)30)6-13-11(12)8-24-16(25-13)26-14-7-10(18(27)28)1-2-15(14)31-17(20,21)22/h1-8,27-28H,(H2,23,29,30)(H,24,25,26)/b4-3+. The third-order valence-corrected chi connectivity index (χ3v) is 4.41. The van der Waals surface area contributed by atoms with E-state index in [1.54, 1.807) is 0 Å². The van der Waals surface area contributed by atoms with Crippen LogP contribution in [0.5, 0.6) is 5.75 Å². The molecule has 0 saturated heterocycles. The third-order valence-electron chi connectivity index (χ3n) is 3.90. The van der Waals surface area contributed by atoms with Crippen molar-refractivity contribution < 1.29 is 40.8 Å². The number of hydrogen-bond acceptors (Lipinski definition) is 8. The fourth-order valence-electron chi connectivity index (χ4n) is 2.58. The average Bonchev–Trinajstić information content (AvgIpc) is 2.66. The van der Waals surface area contributed by atoms with Gasteiger partial charge in [0.1, 0.15) is 5.82 Å². The van der Waals surface area contributed by atoms with Crippen molar-refractivity contribution in [2.75, 3.05) is 5.32 Å². The fraction of sp³-hybridized carbons (Fsp3) is 0.0588. The number of aromatic nitrogens is 2. The minimum atomic E-state index is -5.03. The van der Waals surface area contributed by atoms with Crippen molar-refractivity contribution in [3.8, 4) is 5.75 Å². The minimum Gasteiger partial charge on any atom is -0.423 e. The lowest BCUT2D eigenvalue weighted by atomic mass is 9.80. The number of nitrogens with one attached hydrogen (secondary N) is 1. The number of ether oxygens (including phenoxy) is 1. The van der Waals surface area contributed by atoms with E-state index in [-0.39, 0.29) is 33.6 Å². The molecule has 0 aliphatic rings. The third kappa shape index (κ3) is 6.13. The van der Waals surface area contributed by atoms with E-state index < -0.39 is 35.1 Å². The Morgan fingerprint density at radius 1 is 1.19 bits per heavy atom. The van der Waals surface area contributed by atoms with Gasteiger partial charge in [0.15, 0.2) is 5.75 Å². The molecule has 5 N–H and O–H groups in total. The summed E-state index contributed by atoms with van der Waals surface area (Å²) in [5.41, 5.74) is -0.407. The van der Waals surface area contributed by atoms with Crippen LogP contribution in [0.4, 0.5) is 29.2 Å². The van der Waals surface area contributed by atoms with Gasteiger partial charge in [0.2, 0.25) is 16.0 Å². The molecule has 0 fully saturated rings. The summed E-state index contributed by atoms with van der Waals surface area (Å²) in [6.45, 7) is 0. The smallest absolute Gasteiger partial charge is 0.423 e. The van der Waals surface area contributed by atoms with Crippen molar-refractivity contribution >= 4 is 51.2 Å². The fourth-order valence-corrected chi connectivity index (χ4v) is 2.93. The van der Waals surface area contributed by atoms with Gasteiger partial charge in [0.25, 0.3) is 0 Å². The Bertz CT molecular complexity index is 1300. The molecule has 0 aliphatic heterocycles. The van der Waals surface area contributed by atoms with Gasteiger partial charge in [-0.3, -0.25) is 0 Å². The Kier molecular flexibility index (Phi) is 6.36. The number of fused-ring (bicyclic) bond motifs is 1. The Morgan fingerprint density at radius 3 is 2.53 bits per heavy atom. The second-order valence-corrected chi connectivity index (χ2v) is 7.77. The van der Waals surface area contributed by atoms with Gasteiger partial charge in [-0.1, -0.05) is 6.07 Å². The summed E-state index contributed by atoms with van der Waals surface area (Å²) in [4.78, 5) is 7.84. The highest BCUT2D eigenvalue weighted by molar-refractivity contribution is 7.92. The van der Waals surface area contributed by atoms with Gasteiger partial charge in [0.05, 0.1) is 16.6 Å². The van der Waals surface area contributed by atoms with E-state index in [9.17, 15) is 36.0 Å². The average molecular weight is 472 g/mol. The van der Waals surface area contributed by atoms with E-state index in [4.69, 9.17) is 5.14 Å². The van der Waals surface area contributed by atoms with Crippen molar-refractivity contribution in [3.63, 3.8) is 0 Å². The van der Waals surface area contributed by atoms with E-state index in [0.717, 1.165) is 36.5 Å². The van der Waals surface area contributed by atoms with Crippen molar-refractivity contribution in [2.24, 2.45) is 5.14 Å². The number of rotatable bonds is 6. The molecule has 2 aromatic carbocycles. The Labute approximate surface area is 178 Å². The first-order valence-corrected chi connectivity index (χ1v) is 10.1. The highest BCUT2D eigenvalue weighted by Gasteiger charge is 2.32. The number of benzene rings is 2. The van der Waals surface area contributed by atoms with Crippen LogP contribution < -0.4 is 20.7 Å². The predicted octanol–water partition coefficient (Wildman–Crippen LogP) is 1.35. The first-order chi connectivity index (χ1) is 14.8. The predicted molar refractivity (Wildman–Crippen MR) is 108 cm³/mol. The molecule has 15 heteroatoms. The summed E-state index contributed by atoms with van der Waals surface area (Å²) < 4.78 is 78.4. The zero-order chi connectivity index (χ0) is 23.7. The van der Waals surface area contributed by atoms with Gasteiger partial charge >= 0.3 is 13.5 Å². The molecule has 0 unspecified atom stereocenters. The summed E-state index contributed by atoms with van der Waals surface area (Å²) in [6.07, 6.45) is -2.94. The van der Waals surface area contributed by atoms with Crippen LogP contribution in [-0.4, -0.2) is 41.9 Å². The molecular formula is C17H13BF4N4O5S. The van der Waals surface area contributed by atoms with Crippen LogP contribution in [0, 0.1) is 5.82 Å². The molecule has 168 valence electrons. The second kappa shape index (κ2) is 8.70. The first kappa shape index (κ1) is 23.4. The SMILES string of the molecule is NS(=O)(=O)/C=C/c1cc(F)c2cnc(Nc3cc(B(O)O)ccc3OC(F)(F)F)nc2c1. The summed E-state index contributed by atoms with van der Waals surface area (Å²) in [5.74, 6) is -1.77. The largest absolute Gasteiger partial charge is 0.573 e. The highest BCUT2D eigenvalue weighted by atomic mass is 32.2. The van der Waals surface area contributed by atoms with Crippen LogP contribution in [0.1, 0.15) is 5.56 Å². The van der Waals surface area contributed by atoms with Crippen LogP contribution in [0.25, 0.3) is 17.0 Å². The highest BCUT2D eigenvalue weighted by Crippen LogP contribution is 2.31. The summed E-state index contributed by atoms with van der Waals surface area (Å²) in [5, 5.41) is 26.5. The van der Waals surface area contributed by atoms with Crippen molar-refractivity contribution in [1.82, 2.24) is 9.97 Å². The molecule has 0 saturated carbocycles. The van der Waals surface area contributed by atoms with Gasteiger partial charge in [-0.2, -0.15) is 0 Å². The lowest BCUT2D eigenvalue weighted by molar-refractivity contribution is -0.274. The molecule has 0 atom stereocenters. The van der Waals surface area contributed by atoms with Crippen LogP contribution in [0.3, 0.4) is 0 Å². The molecule has 0 bridgehead atoms. The maximum Gasteiger partial charge on any atom is 0.573 e. The van der Waals surface area contributed by atoms with E-state index in [0.29, 0.717) is 5.41 Å². The topological polar surface area (TPSA) is 148 Å². The first-order valence-electron chi connectivity index (χ1n) is 8.51. The zero-order valence-electron chi connectivity index (χ0n) is 15.7. The quantitative estimate of drug-likeness (QED) is 0.311. The van der Waals surface area contributed by atoms with Gasteiger partial charge in [-0.15, -0.1) is 13.2 Å². The lowest BCUT2D eigenvalue weighted by Gasteiger charge is -2.15. The zero-order valence-corrected chi connectivity index (χ0v) is 16.5. The molecular weight excluding hydrogens is 459 g/mol. The summed E-state index contributed by atoms with van der Waals surface area (Å²) in [7, 11) is -5.94. The molecule has 0 radical (unpaired) electrons. The van der Waals surface area contributed by atoms with E-state index >= 15 is 0 Å². The number of nitrogens with two attached hydrogens (primary N) is 1. The normalized spacial score (nSPS) is 12.3. The Balaban J connectivity index is 2.03. The number of sulfonamides is 1. The Hall–Kier alpha value is -3.27. The minimum absolute atomic E-state index is 0.00629. The molecule has 32 heavy (non-hydrogen) atoms. The summed E-state index contributed by atoms with van der Waals surface area (Å²) >= 11 is 0. The van der Waals surface area contributed by atoms with Crippen molar-refractivity contribution in [1.29, 1.82) is 0 Å². The van der Waals surface area contributed by atoms with Crippen LogP contribution in [0.15, 0.2) is 41.9 Å². The molecule has 3 rings (SSSR count). The van der Waals surface area contributed by atoms with Gasteiger partial charge < -0.3 is 20.1 Å². The molecule has 0 amide bonds. The van der Waals surface area contributed by atoms with Crippen LogP contribution >= 0.6 is 0 Å². The maximum atomic E-state index is 14.3. The maximum absolute atomic E-state index is 14.3. The Morgan fingerprint density at radius 2 is 1.91 bits per heavy atom. The van der Waals surface area contributed by atoms with E-state index in [1.165, 1.54) is 6.07 Å². The number of halogens is 4. The van der Waals surface area contributed by atoms with Crippen molar-refractivity contribution in [2.45, 2.75) is 6.36 Å². The van der Waals surface area contributed by atoms with Gasteiger partial charge in [-0.05, 0) is 41.4 Å². The lowest BCUT2D eigenvalue weighted by Crippen LogP contribution is -2.30. The molecule has 0 aliphatic carbocycles. The molecule has 1 aromatic heterocycles. The number of alkyl halides is 3. The number of anilines is 2. The molecule has 3 aromatic rings. The monoisotopic (exact) mass is 472 g/mol. The van der Waals surface area contributed by atoms with E-state index in [1.807, 2.05) is 0 Å². The van der Waals surface area contributed by atoms with Gasteiger partial charge in [-0.25, -0.2) is 27.9 Å². The summed E-state index contributed by atoms with van der Waals surface area (Å²) in [6, 6.07) is 5.17. The molecule has 9 nitrogen and oxygen atoms in total. The van der Waals surface area contributed by atoms with E-state index in [2.05, 4.69) is 20.0 Å². The van der Waals surface area contributed by atoms with Crippen LogP contribution in [0.2, 0.25) is 0 Å².